The number of nitrogens with one attached hydrogen (secondary N) is 2. The van der Waals surface area contributed by atoms with E-state index in [-0.39, 0.29) is 17.8 Å². The molecule has 1 aliphatic rings. The van der Waals surface area contributed by atoms with Crippen LogP contribution in [0.15, 0.2) is 24.5 Å². The minimum atomic E-state index is -3.23. The summed E-state index contributed by atoms with van der Waals surface area (Å²) in [6, 6.07) is 3.74. The van der Waals surface area contributed by atoms with Crippen molar-refractivity contribution < 1.29 is 13.2 Å². The molecule has 1 heterocycles. The van der Waals surface area contributed by atoms with Crippen LogP contribution in [0.3, 0.4) is 0 Å². The maximum Gasteiger partial charge on any atom is 0.315 e. The van der Waals surface area contributed by atoms with Gasteiger partial charge in [-0.25, -0.2) is 13.2 Å². The van der Waals surface area contributed by atoms with E-state index in [4.69, 9.17) is 0 Å². The monoisotopic (exact) mass is 481 g/mol. The van der Waals surface area contributed by atoms with Gasteiger partial charge in [0.05, 0.1) is 5.75 Å². The van der Waals surface area contributed by atoms with E-state index in [1.54, 1.807) is 12.4 Å². The summed E-state index contributed by atoms with van der Waals surface area (Å²) in [5.41, 5.74) is 0.956. The highest BCUT2D eigenvalue weighted by atomic mass is 32.2. The first-order valence-electron chi connectivity index (χ1n) is 12.4. The second-order valence-corrected chi connectivity index (χ2v) is 11.3. The molecule has 1 fully saturated rings. The van der Waals surface area contributed by atoms with Gasteiger partial charge in [-0.3, -0.25) is 4.98 Å². The molecule has 0 spiro atoms. The summed E-state index contributed by atoms with van der Waals surface area (Å²) in [7, 11) is 0.823. The summed E-state index contributed by atoms with van der Waals surface area (Å²) in [4.78, 5) is 18.0. The van der Waals surface area contributed by atoms with E-state index in [1.807, 2.05) is 30.5 Å². The number of rotatable bonds is 15. The number of urea groups is 1. The molecule has 0 saturated heterocycles. The van der Waals surface area contributed by atoms with Crippen molar-refractivity contribution in [2.24, 2.45) is 0 Å². The Morgan fingerprint density at radius 1 is 1.03 bits per heavy atom. The van der Waals surface area contributed by atoms with E-state index in [0.29, 0.717) is 26.1 Å². The molecule has 1 aliphatic carbocycles. The molecular formula is C24H43N5O3S. The first-order chi connectivity index (χ1) is 15.9. The Hall–Kier alpha value is -1.71. The zero-order valence-electron chi connectivity index (χ0n) is 20.5. The van der Waals surface area contributed by atoms with E-state index in [9.17, 15) is 13.2 Å². The Labute approximate surface area is 200 Å². The van der Waals surface area contributed by atoms with Crippen molar-refractivity contribution in [1.82, 2.24) is 24.8 Å². The Balaban J connectivity index is 1.63. The molecule has 8 nitrogen and oxygen atoms in total. The summed E-state index contributed by atoms with van der Waals surface area (Å²) < 4.78 is 28.1. The van der Waals surface area contributed by atoms with E-state index in [2.05, 4.69) is 20.5 Å². The number of carbonyl (C=O) groups excluding carboxylic acids is 1. The Kier molecular flexibility index (Phi) is 12.7. The maximum absolute atomic E-state index is 13.1. The highest BCUT2D eigenvalue weighted by Crippen LogP contribution is 2.25. The van der Waals surface area contributed by atoms with Gasteiger partial charge in [0, 0.05) is 38.1 Å². The van der Waals surface area contributed by atoms with E-state index in [0.717, 1.165) is 63.5 Å². The zero-order chi connectivity index (χ0) is 23.9. The van der Waals surface area contributed by atoms with Gasteiger partial charge in [-0.1, -0.05) is 38.2 Å². The number of nitrogens with zero attached hydrogens (tertiary/aromatic N) is 3. The van der Waals surface area contributed by atoms with Crippen LogP contribution in [0.2, 0.25) is 0 Å². The second kappa shape index (κ2) is 15.2. The summed E-state index contributed by atoms with van der Waals surface area (Å²) in [6.07, 6.45) is 13.1. The Bertz CT molecular complexity index is 768. The van der Waals surface area contributed by atoms with Crippen LogP contribution in [0.1, 0.15) is 69.8 Å². The molecule has 188 valence electrons. The van der Waals surface area contributed by atoms with Crippen molar-refractivity contribution in [3.05, 3.63) is 30.1 Å². The molecule has 2 amide bonds. The molecule has 2 N–H and O–H groups in total. The SMILES string of the molecule is CN(C)CCCN(C1CCCCC1)S(=O)(=O)CCCCCCNC(=O)NCc1cccnc1. The molecule has 1 aromatic heterocycles. The molecule has 1 aromatic rings. The molecule has 0 unspecified atom stereocenters. The fourth-order valence-electron chi connectivity index (χ4n) is 4.29. The molecular weight excluding hydrogens is 438 g/mol. The Morgan fingerprint density at radius 2 is 1.79 bits per heavy atom. The third-order valence-electron chi connectivity index (χ3n) is 6.11. The molecule has 0 radical (unpaired) electrons. The summed E-state index contributed by atoms with van der Waals surface area (Å²) in [6.45, 7) is 2.57. The highest BCUT2D eigenvalue weighted by Gasteiger charge is 2.30. The number of unbranched alkanes of at least 4 members (excludes halogenated alkanes) is 3. The molecule has 1 saturated carbocycles. The number of amides is 2. The van der Waals surface area contributed by atoms with E-state index >= 15 is 0 Å². The largest absolute Gasteiger partial charge is 0.338 e. The van der Waals surface area contributed by atoms with Gasteiger partial charge in [0.2, 0.25) is 10.0 Å². The summed E-state index contributed by atoms with van der Waals surface area (Å²) >= 11 is 0. The minimum absolute atomic E-state index is 0.181. The van der Waals surface area contributed by atoms with Crippen molar-refractivity contribution in [2.45, 2.75) is 76.8 Å². The van der Waals surface area contributed by atoms with E-state index in [1.165, 1.54) is 6.42 Å². The fourth-order valence-corrected chi connectivity index (χ4v) is 6.17. The normalized spacial score (nSPS) is 15.2. The lowest BCUT2D eigenvalue weighted by Crippen LogP contribution is -2.43. The van der Waals surface area contributed by atoms with Gasteiger partial charge >= 0.3 is 6.03 Å². The van der Waals surface area contributed by atoms with Crippen LogP contribution in [0.25, 0.3) is 0 Å². The van der Waals surface area contributed by atoms with Gasteiger partial charge in [0.25, 0.3) is 0 Å². The topological polar surface area (TPSA) is 94.6 Å². The molecule has 2 rings (SSSR count). The second-order valence-electron chi connectivity index (χ2n) is 9.26. The molecule has 33 heavy (non-hydrogen) atoms. The van der Waals surface area contributed by atoms with Gasteiger partial charge < -0.3 is 15.5 Å². The van der Waals surface area contributed by atoms with Crippen molar-refractivity contribution in [1.29, 1.82) is 0 Å². The number of aromatic nitrogens is 1. The van der Waals surface area contributed by atoms with Gasteiger partial charge in [-0.15, -0.1) is 0 Å². The maximum atomic E-state index is 13.1. The fraction of sp³-hybridized carbons (Fsp3) is 0.750. The van der Waals surface area contributed by atoms with Crippen LogP contribution in [-0.4, -0.2) is 74.2 Å². The van der Waals surface area contributed by atoms with Crippen LogP contribution < -0.4 is 10.6 Å². The van der Waals surface area contributed by atoms with Crippen LogP contribution in [0.5, 0.6) is 0 Å². The van der Waals surface area contributed by atoms with Crippen molar-refractivity contribution in [3.63, 3.8) is 0 Å². The Morgan fingerprint density at radius 3 is 2.48 bits per heavy atom. The quantitative estimate of drug-likeness (QED) is 0.375. The van der Waals surface area contributed by atoms with Crippen LogP contribution in [-0.2, 0) is 16.6 Å². The lowest BCUT2D eigenvalue weighted by atomic mass is 9.95. The lowest BCUT2D eigenvalue weighted by Gasteiger charge is -2.33. The summed E-state index contributed by atoms with van der Waals surface area (Å²) in [5, 5.41) is 5.66. The smallest absolute Gasteiger partial charge is 0.315 e. The van der Waals surface area contributed by atoms with Crippen molar-refractivity contribution in [3.8, 4) is 0 Å². The molecule has 0 bridgehead atoms. The number of pyridine rings is 1. The summed E-state index contributed by atoms with van der Waals surface area (Å²) in [5.74, 6) is 0.227. The predicted molar refractivity (Wildman–Crippen MR) is 133 cm³/mol. The molecule has 9 heteroatoms. The van der Waals surface area contributed by atoms with Gasteiger partial charge in [0.15, 0.2) is 0 Å². The molecule has 0 aromatic carbocycles. The first kappa shape index (κ1) is 27.5. The third kappa shape index (κ3) is 11.3. The number of hydrogen-bond acceptors (Lipinski definition) is 5. The van der Waals surface area contributed by atoms with Gasteiger partial charge in [-0.2, -0.15) is 4.31 Å². The van der Waals surface area contributed by atoms with Crippen LogP contribution in [0, 0.1) is 0 Å². The minimum Gasteiger partial charge on any atom is -0.338 e. The van der Waals surface area contributed by atoms with Crippen LogP contribution >= 0.6 is 0 Å². The number of hydrogen-bond donors (Lipinski definition) is 2. The number of carbonyl (C=O) groups is 1. The van der Waals surface area contributed by atoms with Crippen LogP contribution in [0.4, 0.5) is 4.79 Å². The zero-order valence-corrected chi connectivity index (χ0v) is 21.3. The average Bonchev–Trinajstić information content (AvgIpc) is 2.80. The molecule has 0 atom stereocenters. The van der Waals surface area contributed by atoms with Gasteiger partial charge in [0.1, 0.15) is 0 Å². The average molecular weight is 482 g/mol. The third-order valence-corrected chi connectivity index (χ3v) is 8.11. The van der Waals surface area contributed by atoms with Gasteiger partial charge in [-0.05, 0) is 64.4 Å². The van der Waals surface area contributed by atoms with Crippen molar-refractivity contribution >= 4 is 16.1 Å². The highest BCUT2D eigenvalue weighted by molar-refractivity contribution is 7.89. The van der Waals surface area contributed by atoms with E-state index < -0.39 is 10.0 Å². The molecule has 0 aliphatic heterocycles. The first-order valence-corrected chi connectivity index (χ1v) is 14.0. The predicted octanol–water partition coefficient (Wildman–Crippen LogP) is 3.36. The van der Waals surface area contributed by atoms with Crippen molar-refractivity contribution in [2.75, 3.05) is 39.5 Å². The number of sulfonamides is 1. The standard InChI is InChI=1S/C24H43N5O3S/c1-28(2)17-11-18-29(23-13-6-5-7-14-23)33(31,32)19-9-4-3-8-16-26-24(30)27-21-22-12-10-15-25-20-22/h10,12,15,20,23H,3-9,11,13-14,16-19,21H2,1-2H3,(H2,26,27,30). The lowest BCUT2D eigenvalue weighted by molar-refractivity contribution is 0.240.